The van der Waals surface area contributed by atoms with Crippen molar-refractivity contribution in [3.63, 3.8) is 0 Å². The average molecular weight is 201 g/mol. The first-order valence-corrected chi connectivity index (χ1v) is 5.20. The third-order valence-electron chi connectivity index (χ3n) is 3.11. The molecule has 0 radical (unpaired) electrons. The van der Waals surface area contributed by atoms with Gasteiger partial charge in [0.2, 0.25) is 0 Å². The van der Waals surface area contributed by atoms with Gasteiger partial charge >= 0.3 is 0 Å². The third kappa shape index (κ3) is 1.67. The van der Waals surface area contributed by atoms with E-state index < -0.39 is 0 Å². The highest BCUT2D eigenvalue weighted by molar-refractivity contribution is 4.95. The van der Waals surface area contributed by atoms with Crippen LogP contribution >= 0.6 is 0 Å². The van der Waals surface area contributed by atoms with Crippen LogP contribution in [-0.4, -0.2) is 60.7 Å². The Balaban J connectivity index is 2.15. The maximum atomic E-state index is 9.38. The molecule has 0 aliphatic carbocycles. The summed E-state index contributed by atoms with van der Waals surface area (Å²) in [5.74, 6) is 0. The second-order valence-electron chi connectivity index (χ2n) is 4.76. The highest BCUT2D eigenvalue weighted by Crippen LogP contribution is 2.27. The van der Waals surface area contributed by atoms with Gasteiger partial charge in [0, 0.05) is 5.54 Å². The molecule has 4 heteroatoms. The van der Waals surface area contributed by atoms with E-state index >= 15 is 0 Å². The molecule has 0 unspecified atom stereocenters. The Morgan fingerprint density at radius 2 is 1.57 bits per heavy atom. The van der Waals surface area contributed by atoms with Gasteiger partial charge in [-0.05, 0) is 13.8 Å². The summed E-state index contributed by atoms with van der Waals surface area (Å²) in [4.78, 5) is 2.36. The van der Waals surface area contributed by atoms with Crippen molar-refractivity contribution in [2.75, 3.05) is 33.0 Å². The van der Waals surface area contributed by atoms with Gasteiger partial charge in [0.25, 0.3) is 0 Å². The van der Waals surface area contributed by atoms with Crippen LogP contribution in [-0.2, 0) is 9.47 Å². The lowest BCUT2D eigenvalue weighted by molar-refractivity contribution is -0.176. The topological polar surface area (TPSA) is 41.9 Å². The number of aliphatic hydroxyl groups excluding tert-OH is 1. The van der Waals surface area contributed by atoms with E-state index in [0.717, 1.165) is 26.4 Å². The van der Waals surface area contributed by atoms with Crippen LogP contribution in [0, 0.1) is 0 Å². The van der Waals surface area contributed by atoms with E-state index in [4.69, 9.17) is 9.47 Å². The van der Waals surface area contributed by atoms with E-state index in [1.54, 1.807) is 0 Å². The van der Waals surface area contributed by atoms with Crippen LogP contribution in [0.25, 0.3) is 0 Å². The minimum atomic E-state index is -0.164. The zero-order chi connectivity index (χ0) is 10.2. The van der Waals surface area contributed by atoms with Crippen molar-refractivity contribution in [2.45, 2.75) is 31.5 Å². The molecular weight excluding hydrogens is 182 g/mol. The van der Waals surface area contributed by atoms with Crippen LogP contribution in [0.3, 0.4) is 0 Å². The smallest absolute Gasteiger partial charge is 0.0645 e. The van der Waals surface area contributed by atoms with E-state index in [9.17, 15) is 5.11 Å². The van der Waals surface area contributed by atoms with Gasteiger partial charge < -0.3 is 14.6 Å². The molecule has 0 spiro atoms. The van der Waals surface area contributed by atoms with Gasteiger partial charge in [-0.25, -0.2) is 0 Å². The molecule has 2 rings (SSSR count). The average Bonchev–Trinajstić information content (AvgIpc) is 2.16. The maximum absolute atomic E-state index is 9.38. The van der Waals surface area contributed by atoms with Gasteiger partial charge in [-0.15, -0.1) is 0 Å². The van der Waals surface area contributed by atoms with E-state index in [2.05, 4.69) is 18.7 Å². The Morgan fingerprint density at radius 3 is 1.93 bits per heavy atom. The van der Waals surface area contributed by atoms with Crippen molar-refractivity contribution in [2.24, 2.45) is 0 Å². The molecule has 2 aliphatic heterocycles. The summed E-state index contributed by atoms with van der Waals surface area (Å²) in [6.45, 7) is 7.22. The van der Waals surface area contributed by atoms with E-state index in [1.165, 1.54) is 0 Å². The van der Waals surface area contributed by atoms with Crippen LogP contribution in [0.5, 0.6) is 0 Å². The predicted octanol–water partition coefficient (Wildman–Crippen LogP) is -0.143. The largest absolute Gasteiger partial charge is 0.394 e. The molecule has 0 aromatic carbocycles. The molecule has 2 saturated heterocycles. The molecule has 0 atom stereocenters. The molecule has 0 aromatic heterocycles. The third-order valence-corrected chi connectivity index (χ3v) is 3.11. The lowest BCUT2D eigenvalue weighted by atomic mass is 9.96. The van der Waals surface area contributed by atoms with Crippen molar-refractivity contribution in [3.05, 3.63) is 0 Å². The first kappa shape index (κ1) is 10.4. The normalized spacial score (nSPS) is 34.5. The maximum Gasteiger partial charge on any atom is 0.0645 e. The standard InChI is InChI=1S/C10H19NO3/c1-10(2,7-12)11-8-3-13-5-9(11)6-14-4-8/h8-9,12H,3-7H2,1-2H3. The van der Waals surface area contributed by atoms with Crippen LogP contribution in [0.15, 0.2) is 0 Å². The number of hydrogen-bond donors (Lipinski definition) is 1. The molecule has 2 aliphatic rings. The minimum Gasteiger partial charge on any atom is -0.394 e. The minimum absolute atomic E-state index is 0.164. The van der Waals surface area contributed by atoms with Gasteiger partial charge in [0.05, 0.1) is 45.1 Å². The fraction of sp³-hybridized carbons (Fsp3) is 1.00. The van der Waals surface area contributed by atoms with E-state index in [-0.39, 0.29) is 12.1 Å². The van der Waals surface area contributed by atoms with E-state index in [0.29, 0.717) is 12.1 Å². The van der Waals surface area contributed by atoms with Gasteiger partial charge in [0.15, 0.2) is 0 Å². The van der Waals surface area contributed by atoms with Crippen molar-refractivity contribution in [1.29, 1.82) is 0 Å². The fourth-order valence-electron chi connectivity index (χ4n) is 2.47. The Hall–Kier alpha value is -0.160. The molecule has 2 fully saturated rings. The number of hydrogen-bond acceptors (Lipinski definition) is 4. The summed E-state index contributed by atoms with van der Waals surface area (Å²) in [5, 5.41) is 9.38. The van der Waals surface area contributed by atoms with Gasteiger partial charge in [-0.3, -0.25) is 4.90 Å². The zero-order valence-corrected chi connectivity index (χ0v) is 8.90. The van der Waals surface area contributed by atoms with Crippen LogP contribution < -0.4 is 0 Å². The van der Waals surface area contributed by atoms with Gasteiger partial charge in [-0.2, -0.15) is 0 Å². The number of fused-ring (bicyclic) bond motifs is 2. The Bertz CT molecular complexity index is 186. The fourth-order valence-corrected chi connectivity index (χ4v) is 2.47. The molecular formula is C10H19NO3. The first-order chi connectivity index (χ1) is 6.65. The SMILES string of the molecule is CC(C)(CO)N1C2COCC1COC2. The number of morpholine rings is 2. The van der Waals surface area contributed by atoms with Crippen LogP contribution in [0.1, 0.15) is 13.8 Å². The van der Waals surface area contributed by atoms with Crippen LogP contribution in [0.2, 0.25) is 0 Å². The number of nitrogens with zero attached hydrogens (tertiary/aromatic N) is 1. The van der Waals surface area contributed by atoms with Crippen molar-refractivity contribution >= 4 is 0 Å². The van der Waals surface area contributed by atoms with Crippen LogP contribution in [0.4, 0.5) is 0 Å². The number of rotatable bonds is 2. The summed E-state index contributed by atoms with van der Waals surface area (Å²) < 4.78 is 11.0. The van der Waals surface area contributed by atoms with Crippen molar-refractivity contribution in [3.8, 4) is 0 Å². The lowest BCUT2D eigenvalue weighted by Crippen LogP contribution is -2.67. The Morgan fingerprint density at radius 1 is 1.14 bits per heavy atom. The molecule has 0 saturated carbocycles. The monoisotopic (exact) mass is 201 g/mol. The highest BCUT2D eigenvalue weighted by Gasteiger charge is 2.43. The van der Waals surface area contributed by atoms with E-state index in [1.807, 2.05) is 0 Å². The molecule has 0 amide bonds. The quantitative estimate of drug-likeness (QED) is 0.675. The summed E-state index contributed by atoms with van der Waals surface area (Å²) in [6, 6.07) is 0.620. The first-order valence-electron chi connectivity index (χ1n) is 5.20. The summed E-state index contributed by atoms with van der Waals surface area (Å²) in [7, 11) is 0. The molecule has 0 aromatic rings. The summed E-state index contributed by atoms with van der Waals surface area (Å²) >= 11 is 0. The van der Waals surface area contributed by atoms with Crippen molar-refractivity contribution in [1.82, 2.24) is 4.90 Å². The van der Waals surface area contributed by atoms with Gasteiger partial charge in [0.1, 0.15) is 0 Å². The number of aliphatic hydroxyl groups is 1. The summed E-state index contributed by atoms with van der Waals surface area (Å²) in [6.07, 6.45) is 0. The Labute approximate surface area is 84.8 Å². The highest BCUT2D eigenvalue weighted by atomic mass is 16.5. The molecule has 2 heterocycles. The molecule has 1 N–H and O–H groups in total. The molecule has 82 valence electrons. The summed E-state index contributed by atoms with van der Waals surface area (Å²) in [5.41, 5.74) is -0.164. The molecule has 14 heavy (non-hydrogen) atoms. The lowest BCUT2D eigenvalue weighted by Gasteiger charge is -2.52. The van der Waals surface area contributed by atoms with Crippen molar-refractivity contribution < 1.29 is 14.6 Å². The predicted molar refractivity (Wildman–Crippen MR) is 52.2 cm³/mol. The zero-order valence-electron chi connectivity index (χ0n) is 8.90. The second kappa shape index (κ2) is 3.77. The van der Waals surface area contributed by atoms with Gasteiger partial charge in [-0.1, -0.05) is 0 Å². The number of ether oxygens (including phenoxy) is 2. The Kier molecular flexibility index (Phi) is 2.79. The molecule has 2 bridgehead atoms. The molecule has 4 nitrogen and oxygen atoms in total. The second-order valence-corrected chi connectivity index (χ2v) is 4.76.